The van der Waals surface area contributed by atoms with Gasteiger partial charge < -0.3 is 10.3 Å². The number of nitrogens with zero attached hydrogens (tertiary/aromatic N) is 2. The molecular formula is C13H23N3O3. The maximum atomic E-state index is 11.9. The van der Waals surface area contributed by atoms with Gasteiger partial charge in [-0.2, -0.15) is 0 Å². The van der Waals surface area contributed by atoms with Crippen LogP contribution in [0.1, 0.15) is 30.8 Å². The quantitative estimate of drug-likeness (QED) is 0.822. The largest absolute Gasteiger partial charge is 0.373 e. The third-order valence-corrected chi connectivity index (χ3v) is 3.09. The van der Waals surface area contributed by atoms with Gasteiger partial charge in [-0.3, -0.25) is 14.5 Å². The fourth-order valence-electron chi connectivity index (χ4n) is 1.70. The zero-order chi connectivity index (χ0) is 14.6. The van der Waals surface area contributed by atoms with Crippen LogP contribution < -0.4 is 11.3 Å². The van der Waals surface area contributed by atoms with Crippen molar-refractivity contribution in [3.8, 4) is 0 Å². The second kappa shape index (κ2) is 6.68. The van der Waals surface area contributed by atoms with Crippen molar-refractivity contribution < 1.29 is 9.32 Å². The molecule has 6 heteroatoms. The molecule has 19 heavy (non-hydrogen) atoms. The van der Waals surface area contributed by atoms with Crippen LogP contribution in [-0.4, -0.2) is 41.7 Å². The summed E-state index contributed by atoms with van der Waals surface area (Å²) in [6.07, 6.45) is 0.813. The van der Waals surface area contributed by atoms with Gasteiger partial charge in [0.15, 0.2) is 0 Å². The summed E-state index contributed by atoms with van der Waals surface area (Å²) in [4.78, 5) is 25.1. The summed E-state index contributed by atoms with van der Waals surface area (Å²) in [6.45, 7) is 6.62. The molecule has 108 valence electrons. The Hall–Kier alpha value is -1.40. The highest BCUT2D eigenvalue weighted by molar-refractivity contribution is 5.79. The Kier molecular flexibility index (Phi) is 5.50. The number of aromatic nitrogens is 1. The normalized spacial score (nSPS) is 13.2. The average Bonchev–Trinajstić information content (AvgIpc) is 2.65. The van der Waals surface area contributed by atoms with E-state index in [9.17, 15) is 9.59 Å². The van der Waals surface area contributed by atoms with Gasteiger partial charge in [-0.15, -0.1) is 4.74 Å². The fraction of sp³-hybridized carbons (Fsp3) is 0.692. The van der Waals surface area contributed by atoms with E-state index in [-0.39, 0.29) is 18.5 Å². The van der Waals surface area contributed by atoms with E-state index in [2.05, 4.69) is 13.8 Å². The Morgan fingerprint density at radius 1 is 1.53 bits per heavy atom. The molecule has 0 radical (unpaired) electrons. The fourth-order valence-corrected chi connectivity index (χ4v) is 1.70. The van der Waals surface area contributed by atoms with Crippen LogP contribution in [0.2, 0.25) is 0 Å². The first-order chi connectivity index (χ1) is 8.81. The summed E-state index contributed by atoms with van der Waals surface area (Å²) >= 11 is 0. The Balaban J connectivity index is 2.49. The molecule has 6 nitrogen and oxygen atoms in total. The van der Waals surface area contributed by atoms with E-state index in [0.29, 0.717) is 18.2 Å². The maximum absolute atomic E-state index is 11.9. The van der Waals surface area contributed by atoms with Gasteiger partial charge in [0.2, 0.25) is 0 Å². The number of aryl methyl sites for hydroxylation is 1. The van der Waals surface area contributed by atoms with Gasteiger partial charge in [-0.1, -0.05) is 13.8 Å². The lowest BCUT2D eigenvalue weighted by Gasteiger charge is -2.20. The third kappa shape index (κ3) is 4.65. The Morgan fingerprint density at radius 3 is 2.63 bits per heavy atom. The second-order valence-electron chi connectivity index (χ2n) is 5.31. The molecule has 2 N–H and O–H groups in total. The van der Waals surface area contributed by atoms with Gasteiger partial charge in [0.1, 0.15) is 5.76 Å². The lowest BCUT2D eigenvalue weighted by Crippen LogP contribution is -2.36. The minimum absolute atomic E-state index is 0.117. The van der Waals surface area contributed by atoms with Gasteiger partial charge in [0, 0.05) is 12.1 Å². The Bertz CT molecular complexity index is 476. The van der Waals surface area contributed by atoms with Crippen molar-refractivity contribution >= 4 is 5.91 Å². The lowest BCUT2D eigenvalue weighted by molar-refractivity contribution is 0.0728. The monoisotopic (exact) mass is 269 g/mol. The lowest BCUT2D eigenvalue weighted by atomic mass is 10.0. The van der Waals surface area contributed by atoms with Gasteiger partial charge >= 0.3 is 0 Å². The molecule has 0 amide bonds. The molecular weight excluding hydrogens is 246 g/mol. The van der Waals surface area contributed by atoms with Crippen molar-refractivity contribution in [1.29, 1.82) is 0 Å². The molecule has 1 rings (SSSR count). The molecule has 0 fully saturated rings. The first-order valence-electron chi connectivity index (χ1n) is 6.48. The molecule has 1 unspecified atom stereocenters. The number of carbonyl (C=O) groups excluding carboxylic acids is 1. The molecule has 0 saturated heterocycles. The van der Waals surface area contributed by atoms with Crippen molar-refractivity contribution in [2.24, 2.45) is 11.7 Å². The zero-order valence-corrected chi connectivity index (χ0v) is 12.0. The first kappa shape index (κ1) is 15.7. The topological polar surface area (TPSA) is 81.5 Å². The molecule has 0 spiro atoms. The van der Waals surface area contributed by atoms with Gasteiger partial charge in [-0.05, 0) is 32.9 Å². The van der Waals surface area contributed by atoms with Crippen LogP contribution in [0.25, 0.3) is 0 Å². The summed E-state index contributed by atoms with van der Waals surface area (Å²) in [6, 6.07) is 1.41. The third-order valence-electron chi connectivity index (χ3n) is 3.09. The van der Waals surface area contributed by atoms with Crippen molar-refractivity contribution in [2.75, 3.05) is 20.1 Å². The van der Waals surface area contributed by atoms with E-state index in [1.807, 2.05) is 11.9 Å². The molecule has 0 bridgehead atoms. The SMILES string of the molecule is Cc1cc(=O)n(C(=O)CN(C)CCC(N)C(C)C)o1. The van der Waals surface area contributed by atoms with E-state index in [1.54, 1.807) is 6.92 Å². The summed E-state index contributed by atoms with van der Waals surface area (Å²) in [5, 5.41) is 0. The highest BCUT2D eigenvalue weighted by Gasteiger charge is 2.15. The molecule has 1 heterocycles. The average molecular weight is 269 g/mol. The minimum Gasteiger partial charge on any atom is -0.373 e. The number of likely N-dealkylation sites (N-methyl/N-ethyl adjacent to an activating group) is 1. The summed E-state index contributed by atoms with van der Waals surface area (Å²) in [7, 11) is 1.83. The Labute approximate surface area is 113 Å². The molecule has 1 atom stereocenters. The molecule has 0 aromatic carbocycles. The molecule has 1 aromatic heterocycles. The van der Waals surface area contributed by atoms with E-state index in [1.165, 1.54) is 6.07 Å². The van der Waals surface area contributed by atoms with Crippen LogP contribution in [-0.2, 0) is 0 Å². The van der Waals surface area contributed by atoms with E-state index in [0.717, 1.165) is 11.2 Å². The van der Waals surface area contributed by atoms with Crippen LogP contribution in [0.5, 0.6) is 0 Å². The van der Waals surface area contributed by atoms with Crippen molar-refractivity contribution in [1.82, 2.24) is 9.64 Å². The van der Waals surface area contributed by atoms with E-state index >= 15 is 0 Å². The molecule has 0 aliphatic carbocycles. The van der Waals surface area contributed by atoms with Gasteiger partial charge in [-0.25, -0.2) is 0 Å². The Morgan fingerprint density at radius 2 is 2.16 bits per heavy atom. The van der Waals surface area contributed by atoms with Crippen LogP contribution in [0.4, 0.5) is 0 Å². The minimum atomic E-state index is -0.421. The van der Waals surface area contributed by atoms with E-state index in [4.69, 9.17) is 10.3 Å². The van der Waals surface area contributed by atoms with Crippen molar-refractivity contribution in [3.63, 3.8) is 0 Å². The second-order valence-corrected chi connectivity index (χ2v) is 5.31. The highest BCUT2D eigenvalue weighted by atomic mass is 16.5. The highest BCUT2D eigenvalue weighted by Crippen LogP contribution is 2.03. The number of hydrogen-bond acceptors (Lipinski definition) is 5. The molecule has 1 aromatic rings. The van der Waals surface area contributed by atoms with Crippen LogP contribution >= 0.6 is 0 Å². The number of carbonyl (C=O) groups is 1. The van der Waals surface area contributed by atoms with Crippen LogP contribution in [0.15, 0.2) is 15.4 Å². The zero-order valence-electron chi connectivity index (χ0n) is 12.0. The van der Waals surface area contributed by atoms with Crippen LogP contribution in [0.3, 0.4) is 0 Å². The smallest absolute Gasteiger partial charge is 0.290 e. The van der Waals surface area contributed by atoms with Gasteiger partial charge in [0.05, 0.1) is 6.54 Å². The summed E-state index contributed by atoms with van der Waals surface area (Å²) in [5.41, 5.74) is 5.53. The number of rotatable bonds is 6. The van der Waals surface area contributed by atoms with Crippen molar-refractivity contribution in [2.45, 2.75) is 33.2 Å². The summed E-state index contributed by atoms with van der Waals surface area (Å²) < 4.78 is 5.84. The predicted molar refractivity (Wildman–Crippen MR) is 73.3 cm³/mol. The van der Waals surface area contributed by atoms with Gasteiger partial charge in [0.25, 0.3) is 11.5 Å². The molecule has 0 saturated carbocycles. The predicted octanol–water partition coefficient (Wildman–Crippen LogP) is 0.695. The van der Waals surface area contributed by atoms with E-state index < -0.39 is 5.56 Å². The standard InChI is InChI=1S/C13H23N3O3/c1-9(2)11(14)5-6-15(4)8-13(18)16-12(17)7-10(3)19-16/h7,9,11H,5-6,8,14H2,1-4H3. The number of nitrogens with two attached hydrogens (primary N) is 1. The molecule has 0 aliphatic heterocycles. The first-order valence-corrected chi connectivity index (χ1v) is 6.48. The number of hydrogen-bond donors (Lipinski definition) is 1. The molecule has 0 aliphatic rings. The van der Waals surface area contributed by atoms with Crippen LogP contribution in [0, 0.1) is 12.8 Å². The summed E-state index contributed by atoms with van der Waals surface area (Å²) in [5.74, 6) is 0.487. The van der Waals surface area contributed by atoms with Crippen molar-refractivity contribution in [3.05, 3.63) is 22.2 Å². The maximum Gasteiger partial charge on any atom is 0.290 e.